The van der Waals surface area contributed by atoms with E-state index in [1.807, 2.05) is 29.2 Å². The molecule has 0 radical (unpaired) electrons. The number of hydrogen-bond acceptors (Lipinski definition) is 7. The van der Waals surface area contributed by atoms with Crippen molar-refractivity contribution in [3.05, 3.63) is 41.0 Å². The molecule has 1 N–H and O–H groups in total. The summed E-state index contributed by atoms with van der Waals surface area (Å²) in [5.74, 6) is 1.25. The maximum Gasteiger partial charge on any atom is 0.409 e. The average molecular weight is 391 g/mol. The number of anilines is 2. The number of rotatable bonds is 6. The molecule has 0 atom stereocenters. The van der Waals surface area contributed by atoms with Crippen LogP contribution in [0.2, 0.25) is 5.02 Å². The number of carbonyl (C=O) groups is 1. The smallest absolute Gasteiger partial charge is 0.409 e. The van der Waals surface area contributed by atoms with E-state index in [4.69, 9.17) is 16.3 Å². The molecule has 0 saturated carbocycles. The highest BCUT2D eigenvalue weighted by atomic mass is 35.5. The summed E-state index contributed by atoms with van der Waals surface area (Å²) in [6.07, 6.45) is 2.20. The minimum atomic E-state index is -0.270. The van der Waals surface area contributed by atoms with E-state index in [9.17, 15) is 4.79 Å². The van der Waals surface area contributed by atoms with Crippen LogP contribution in [0.3, 0.4) is 0 Å². The number of nitrogens with zero attached hydrogens (tertiary/aromatic N) is 5. The fourth-order valence-electron chi connectivity index (χ4n) is 2.80. The van der Waals surface area contributed by atoms with E-state index in [2.05, 4.69) is 20.5 Å². The molecule has 0 unspecified atom stereocenters. The van der Waals surface area contributed by atoms with Crippen LogP contribution < -0.4 is 10.2 Å². The Morgan fingerprint density at radius 2 is 1.96 bits per heavy atom. The maximum atomic E-state index is 11.8. The van der Waals surface area contributed by atoms with E-state index in [1.54, 1.807) is 18.0 Å². The van der Waals surface area contributed by atoms with E-state index in [0.29, 0.717) is 44.6 Å². The van der Waals surface area contributed by atoms with Gasteiger partial charge in [0, 0.05) is 37.7 Å². The topological polar surface area (TPSA) is 83.5 Å². The molecule has 0 aliphatic carbocycles. The molecule has 0 bridgehead atoms. The first-order valence-corrected chi connectivity index (χ1v) is 9.38. The number of nitrogens with one attached hydrogen (secondary N) is 1. The number of amides is 1. The van der Waals surface area contributed by atoms with Gasteiger partial charge >= 0.3 is 6.09 Å². The Hall–Kier alpha value is -2.61. The number of aromatic nitrogens is 3. The molecule has 1 amide bonds. The molecule has 1 aromatic heterocycles. The van der Waals surface area contributed by atoms with Crippen LogP contribution in [0.15, 0.2) is 30.5 Å². The van der Waals surface area contributed by atoms with Crippen molar-refractivity contribution in [3.63, 3.8) is 0 Å². The molecule has 1 fully saturated rings. The van der Waals surface area contributed by atoms with Crippen molar-refractivity contribution >= 4 is 29.5 Å². The molecule has 1 saturated heterocycles. The van der Waals surface area contributed by atoms with Crippen LogP contribution in [-0.4, -0.2) is 65.5 Å². The van der Waals surface area contributed by atoms with E-state index in [-0.39, 0.29) is 6.09 Å². The Labute approximate surface area is 163 Å². The number of hydrogen-bond donors (Lipinski definition) is 1. The molecular formula is C18H23ClN6O2. The highest BCUT2D eigenvalue weighted by molar-refractivity contribution is 6.30. The summed E-state index contributed by atoms with van der Waals surface area (Å²) in [6.45, 7) is 5.38. The zero-order valence-corrected chi connectivity index (χ0v) is 16.0. The normalized spacial score (nSPS) is 14.1. The van der Waals surface area contributed by atoms with Gasteiger partial charge < -0.3 is 19.9 Å². The lowest BCUT2D eigenvalue weighted by Gasteiger charge is -2.33. The first-order valence-electron chi connectivity index (χ1n) is 9.00. The Morgan fingerprint density at radius 3 is 2.67 bits per heavy atom. The zero-order chi connectivity index (χ0) is 19.1. The molecule has 144 valence electrons. The molecule has 1 aliphatic heterocycles. The third-order valence-electron chi connectivity index (χ3n) is 4.27. The van der Waals surface area contributed by atoms with E-state index in [0.717, 1.165) is 18.0 Å². The quantitative estimate of drug-likeness (QED) is 0.811. The molecule has 1 aromatic carbocycles. The van der Waals surface area contributed by atoms with Crippen molar-refractivity contribution in [2.24, 2.45) is 0 Å². The minimum Gasteiger partial charge on any atom is -0.450 e. The lowest BCUT2D eigenvalue weighted by atomic mass is 10.1. The average Bonchev–Trinajstić information content (AvgIpc) is 2.70. The van der Waals surface area contributed by atoms with Crippen molar-refractivity contribution in [1.82, 2.24) is 20.1 Å². The van der Waals surface area contributed by atoms with Crippen LogP contribution in [0.4, 0.5) is 16.6 Å². The van der Waals surface area contributed by atoms with Crippen LogP contribution in [0.1, 0.15) is 12.5 Å². The molecule has 9 heteroatoms. The number of carbonyl (C=O) groups excluding carboxylic acids is 1. The second-order valence-corrected chi connectivity index (χ2v) is 6.55. The van der Waals surface area contributed by atoms with E-state index < -0.39 is 0 Å². The summed E-state index contributed by atoms with van der Waals surface area (Å²) in [4.78, 5) is 20.0. The lowest BCUT2D eigenvalue weighted by Crippen LogP contribution is -2.49. The number of ether oxygens (including phenoxy) is 1. The van der Waals surface area contributed by atoms with Crippen molar-refractivity contribution < 1.29 is 9.53 Å². The molecule has 1 aliphatic rings. The van der Waals surface area contributed by atoms with Crippen molar-refractivity contribution in [1.29, 1.82) is 0 Å². The van der Waals surface area contributed by atoms with E-state index in [1.165, 1.54) is 5.56 Å². The van der Waals surface area contributed by atoms with Crippen LogP contribution in [0, 0.1) is 0 Å². The van der Waals surface area contributed by atoms with E-state index >= 15 is 0 Å². The van der Waals surface area contributed by atoms with Crippen molar-refractivity contribution in [3.8, 4) is 0 Å². The van der Waals surface area contributed by atoms with Gasteiger partial charge in [0.2, 0.25) is 5.95 Å². The fraction of sp³-hybridized carbons (Fsp3) is 0.444. The van der Waals surface area contributed by atoms with Gasteiger partial charge in [0.1, 0.15) is 0 Å². The van der Waals surface area contributed by atoms with Gasteiger partial charge in [-0.3, -0.25) is 0 Å². The van der Waals surface area contributed by atoms with Gasteiger partial charge in [-0.25, -0.2) is 4.79 Å². The molecule has 3 rings (SSSR count). The minimum absolute atomic E-state index is 0.270. The fourth-order valence-corrected chi connectivity index (χ4v) is 2.93. The first-order chi connectivity index (χ1) is 13.2. The Morgan fingerprint density at radius 1 is 1.22 bits per heavy atom. The van der Waals surface area contributed by atoms with Crippen LogP contribution in [0.25, 0.3) is 0 Å². The number of halogens is 1. The lowest BCUT2D eigenvalue weighted by molar-refractivity contribution is 0.105. The van der Waals surface area contributed by atoms with Gasteiger partial charge in [-0.05, 0) is 31.0 Å². The van der Waals surface area contributed by atoms with Gasteiger partial charge in [0.15, 0.2) is 5.82 Å². The molecule has 8 nitrogen and oxygen atoms in total. The SMILES string of the molecule is CCOC(=O)N1CCN(c2nncc(NCCc3ccc(Cl)cc3)n2)CC1. The second kappa shape index (κ2) is 9.36. The zero-order valence-electron chi connectivity index (χ0n) is 15.3. The summed E-state index contributed by atoms with van der Waals surface area (Å²) < 4.78 is 5.04. The van der Waals surface area contributed by atoms with Crippen LogP contribution in [0.5, 0.6) is 0 Å². The summed E-state index contributed by atoms with van der Waals surface area (Å²) in [7, 11) is 0. The Kier molecular flexibility index (Phi) is 6.64. The predicted molar refractivity (Wildman–Crippen MR) is 104 cm³/mol. The standard InChI is InChI=1S/C18H23ClN6O2/c1-2-27-18(26)25-11-9-24(10-12-25)17-22-16(13-21-23-17)20-8-7-14-3-5-15(19)6-4-14/h3-6,13H,2,7-12H2,1H3,(H,20,22,23). The highest BCUT2D eigenvalue weighted by Gasteiger charge is 2.23. The summed E-state index contributed by atoms with van der Waals surface area (Å²) in [6, 6.07) is 7.79. The van der Waals surface area contributed by atoms with Gasteiger partial charge in [-0.15, -0.1) is 5.10 Å². The second-order valence-electron chi connectivity index (χ2n) is 6.12. The number of piperazine rings is 1. The molecule has 2 heterocycles. The van der Waals surface area contributed by atoms with Crippen molar-refractivity contribution in [2.45, 2.75) is 13.3 Å². The summed E-state index contributed by atoms with van der Waals surface area (Å²) in [5.41, 5.74) is 1.20. The molecular weight excluding hydrogens is 368 g/mol. The molecule has 0 spiro atoms. The monoisotopic (exact) mass is 390 g/mol. The predicted octanol–water partition coefficient (Wildman–Crippen LogP) is 2.46. The Bertz CT molecular complexity index is 750. The van der Waals surface area contributed by atoms with Crippen LogP contribution in [-0.2, 0) is 11.2 Å². The van der Waals surface area contributed by atoms with Crippen LogP contribution >= 0.6 is 11.6 Å². The van der Waals surface area contributed by atoms with Gasteiger partial charge in [-0.2, -0.15) is 10.1 Å². The number of benzene rings is 1. The van der Waals surface area contributed by atoms with Gasteiger partial charge in [-0.1, -0.05) is 23.7 Å². The Balaban J connectivity index is 1.50. The van der Waals surface area contributed by atoms with Crippen molar-refractivity contribution in [2.75, 3.05) is 49.5 Å². The molecule has 2 aromatic rings. The van der Waals surface area contributed by atoms with Gasteiger partial charge in [0.05, 0.1) is 12.8 Å². The maximum absolute atomic E-state index is 11.8. The van der Waals surface area contributed by atoms with Gasteiger partial charge in [0.25, 0.3) is 0 Å². The third kappa shape index (κ3) is 5.43. The molecule has 27 heavy (non-hydrogen) atoms. The third-order valence-corrected chi connectivity index (χ3v) is 4.52. The summed E-state index contributed by atoms with van der Waals surface area (Å²) >= 11 is 5.90. The highest BCUT2D eigenvalue weighted by Crippen LogP contribution is 2.14. The largest absolute Gasteiger partial charge is 0.450 e. The first kappa shape index (κ1) is 19.2. The summed E-state index contributed by atoms with van der Waals surface area (Å²) in [5, 5.41) is 12.2.